The van der Waals surface area contributed by atoms with Gasteiger partial charge in [0.25, 0.3) is 5.91 Å². The lowest BCUT2D eigenvalue weighted by Crippen LogP contribution is -2.41. The average molecular weight is 332 g/mol. The molecule has 1 aromatic carbocycles. The highest BCUT2D eigenvalue weighted by Gasteiger charge is 2.25. The summed E-state index contributed by atoms with van der Waals surface area (Å²) in [6.07, 6.45) is 4.10. The first kappa shape index (κ1) is 14.4. The number of alkyl halides is 1. The maximum Gasteiger partial charge on any atom is 0.254 e. The molecule has 1 aliphatic rings. The molecule has 2 rings (SSSR count). The first-order valence-corrected chi connectivity index (χ1v) is 7.57. The summed E-state index contributed by atoms with van der Waals surface area (Å²) in [5.41, 5.74) is 0.215. The molecular formula is C14H16BrF2NO. The van der Waals surface area contributed by atoms with E-state index in [4.69, 9.17) is 0 Å². The van der Waals surface area contributed by atoms with E-state index >= 15 is 0 Å². The minimum Gasteiger partial charge on any atom is -0.335 e. The van der Waals surface area contributed by atoms with Gasteiger partial charge >= 0.3 is 0 Å². The van der Waals surface area contributed by atoms with Crippen molar-refractivity contribution < 1.29 is 13.6 Å². The number of carbonyl (C=O) groups excluding carboxylic acids is 1. The van der Waals surface area contributed by atoms with E-state index in [1.807, 2.05) is 0 Å². The Morgan fingerprint density at radius 3 is 2.74 bits per heavy atom. The summed E-state index contributed by atoms with van der Waals surface area (Å²) in [5.74, 6) is -2.12. The molecule has 2 nitrogen and oxygen atoms in total. The number of halogens is 3. The highest BCUT2D eigenvalue weighted by molar-refractivity contribution is 9.09. The molecule has 0 aliphatic carbocycles. The standard InChI is InChI=1S/C14H16BrF2NO/c15-9-11-4-2-1-3-7-18(11)14(19)10-5-6-12(16)13(17)8-10/h5-6,8,11H,1-4,7,9H2. The highest BCUT2D eigenvalue weighted by atomic mass is 79.9. The van der Waals surface area contributed by atoms with Gasteiger partial charge in [0.1, 0.15) is 0 Å². The summed E-state index contributed by atoms with van der Waals surface area (Å²) in [5, 5.41) is 0.711. The Morgan fingerprint density at radius 1 is 1.26 bits per heavy atom. The highest BCUT2D eigenvalue weighted by Crippen LogP contribution is 2.21. The number of benzene rings is 1. The van der Waals surface area contributed by atoms with E-state index in [0.717, 1.165) is 37.8 Å². The SMILES string of the molecule is O=C(c1ccc(F)c(F)c1)N1CCCCCC1CBr. The molecule has 0 saturated carbocycles. The summed E-state index contributed by atoms with van der Waals surface area (Å²) >= 11 is 3.43. The molecule has 1 aliphatic heterocycles. The molecule has 0 N–H and O–H groups in total. The zero-order valence-electron chi connectivity index (χ0n) is 10.5. The van der Waals surface area contributed by atoms with Crippen molar-refractivity contribution in [2.75, 3.05) is 11.9 Å². The van der Waals surface area contributed by atoms with Gasteiger partial charge in [-0.2, -0.15) is 0 Å². The Balaban J connectivity index is 2.22. The third-order valence-electron chi connectivity index (χ3n) is 3.48. The van der Waals surface area contributed by atoms with E-state index in [-0.39, 0.29) is 17.5 Å². The second-order valence-corrected chi connectivity index (χ2v) is 5.43. The Kier molecular flexibility index (Phi) is 4.91. The van der Waals surface area contributed by atoms with Crippen molar-refractivity contribution in [1.82, 2.24) is 4.90 Å². The molecule has 104 valence electrons. The molecule has 1 atom stereocenters. The van der Waals surface area contributed by atoms with Crippen LogP contribution in [0.4, 0.5) is 8.78 Å². The molecule has 1 unspecified atom stereocenters. The largest absolute Gasteiger partial charge is 0.335 e. The molecule has 0 bridgehead atoms. The molecule has 0 spiro atoms. The van der Waals surface area contributed by atoms with Gasteiger partial charge in [-0.05, 0) is 31.0 Å². The number of nitrogens with zero attached hydrogens (tertiary/aromatic N) is 1. The van der Waals surface area contributed by atoms with E-state index < -0.39 is 11.6 Å². The van der Waals surface area contributed by atoms with Gasteiger partial charge in [-0.3, -0.25) is 4.79 Å². The van der Waals surface area contributed by atoms with Crippen LogP contribution in [0.3, 0.4) is 0 Å². The summed E-state index contributed by atoms with van der Waals surface area (Å²) in [7, 11) is 0. The Labute approximate surface area is 119 Å². The van der Waals surface area contributed by atoms with Crippen molar-refractivity contribution in [2.45, 2.75) is 31.7 Å². The summed E-state index contributed by atoms with van der Waals surface area (Å²) < 4.78 is 26.1. The van der Waals surface area contributed by atoms with Crippen LogP contribution in [0.15, 0.2) is 18.2 Å². The van der Waals surface area contributed by atoms with E-state index in [0.29, 0.717) is 11.9 Å². The number of likely N-dealkylation sites (tertiary alicyclic amines) is 1. The zero-order chi connectivity index (χ0) is 13.8. The average Bonchev–Trinajstić information content (AvgIpc) is 2.66. The molecule has 0 radical (unpaired) electrons. The minimum atomic E-state index is -0.976. The lowest BCUT2D eigenvalue weighted by molar-refractivity contribution is 0.0701. The van der Waals surface area contributed by atoms with Crippen LogP contribution in [-0.2, 0) is 0 Å². The number of amides is 1. The monoisotopic (exact) mass is 331 g/mol. The molecule has 1 heterocycles. The predicted octanol–water partition coefficient (Wildman–Crippen LogP) is 3.74. The van der Waals surface area contributed by atoms with Crippen LogP contribution < -0.4 is 0 Å². The van der Waals surface area contributed by atoms with Gasteiger partial charge < -0.3 is 4.90 Å². The van der Waals surface area contributed by atoms with E-state index in [1.54, 1.807) is 4.90 Å². The van der Waals surface area contributed by atoms with Gasteiger partial charge in [0, 0.05) is 23.5 Å². The fourth-order valence-electron chi connectivity index (χ4n) is 2.40. The van der Waals surface area contributed by atoms with Gasteiger partial charge in [0.15, 0.2) is 11.6 Å². The normalized spacial score (nSPS) is 20.2. The van der Waals surface area contributed by atoms with Crippen molar-refractivity contribution in [3.63, 3.8) is 0 Å². The van der Waals surface area contributed by atoms with Crippen LogP contribution in [0.5, 0.6) is 0 Å². The van der Waals surface area contributed by atoms with E-state index in [2.05, 4.69) is 15.9 Å². The summed E-state index contributed by atoms with van der Waals surface area (Å²) in [6.45, 7) is 0.675. The van der Waals surface area contributed by atoms with Crippen molar-refractivity contribution in [3.05, 3.63) is 35.4 Å². The first-order valence-electron chi connectivity index (χ1n) is 6.45. The van der Waals surface area contributed by atoms with Crippen LogP contribution in [0.25, 0.3) is 0 Å². The Bertz CT molecular complexity index is 467. The predicted molar refractivity (Wildman–Crippen MR) is 73.4 cm³/mol. The fraction of sp³-hybridized carbons (Fsp3) is 0.500. The number of rotatable bonds is 2. The van der Waals surface area contributed by atoms with Crippen molar-refractivity contribution in [1.29, 1.82) is 0 Å². The lowest BCUT2D eigenvalue weighted by Gasteiger charge is -2.28. The second-order valence-electron chi connectivity index (χ2n) is 4.78. The van der Waals surface area contributed by atoms with Crippen molar-refractivity contribution >= 4 is 21.8 Å². The van der Waals surface area contributed by atoms with Crippen LogP contribution in [0.2, 0.25) is 0 Å². The summed E-state index contributed by atoms with van der Waals surface area (Å²) in [6, 6.07) is 3.46. The zero-order valence-corrected chi connectivity index (χ0v) is 12.1. The number of hydrogen-bond donors (Lipinski definition) is 0. The lowest BCUT2D eigenvalue weighted by atomic mass is 10.1. The van der Waals surface area contributed by atoms with Gasteiger partial charge in [0.05, 0.1) is 0 Å². The topological polar surface area (TPSA) is 20.3 Å². The van der Waals surface area contributed by atoms with Crippen LogP contribution >= 0.6 is 15.9 Å². The molecule has 0 aromatic heterocycles. The maximum atomic E-state index is 13.2. The van der Waals surface area contributed by atoms with Crippen molar-refractivity contribution in [2.24, 2.45) is 0 Å². The Hall–Kier alpha value is -0.970. The van der Waals surface area contributed by atoms with Crippen LogP contribution in [0, 0.1) is 11.6 Å². The number of carbonyl (C=O) groups is 1. The fourth-order valence-corrected chi connectivity index (χ4v) is 3.07. The number of hydrogen-bond acceptors (Lipinski definition) is 1. The quantitative estimate of drug-likeness (QED) is 0.756. The van der Waals surface area contributed by atoms with Gasteiger partial charge in [-0.25, -0.2) is 8.78 Å². The molecule has 1 fully saturated rings. The molecule has 1 aromatic rings. The van der Waals surface area contributed by atoms with Crippen molar-refractivity contribution in [3.8, 4) is 0 Å². The minimum absolute atomic E-state index is 0.128. The van der Waals surface area contributed by atoms with Crippen LogP contribution in [0.1, 0.15) is 36.0 Å². The van der Waals surface area contributed by atoms with Crippen LogP contribution in [-0.4, -0.2) is 28.7 Å². The van der Waals surface area contributed by atoms with E-state index in [1.165, 1.54) is 6.07 Å². The molecule has 5 heteroatoms. The first-order chi connectivity index (χ1) is 9.13. The van der Waals surface area contributed by atoms with E-state index in [9.17, 15) is 13.6 Å². The van der Waals surface area contributed by atoms with Gasteiger partial charge in [-0.1, -0.05) is 28.8 Å². The maximum absolute atomic E-state index is 13.2. The second kappa shape index (κ2) is 6.46. The molecule has 19 heavy (non-hydrogen) atoms. The third-order valence-corrected chi connectivity index (χ3v) is 4.23. The smallest absolute Gasteiger partial charge is 0.254 e. The van der Waals surface area contributed by atoms with Gasteiger partial charge in [0.2, 0.25) is 0 Å². The molecule has 1 saturated heterocycles. The Morgan fingerprint density at radius 2 is 2.05 bits per heavy atom. The molecule has 1 amide bonds. The van der Waals surface area contributed by atoms with Gasteiger partial charge in [-0.15, -0.1) is 0 Å². The molecular weight excluding hydrogens is 316 g/mol. The summed E-state index contributed by atoms with van der Waals surface area (Å²) in [4.78, 5) is 14.2. The third kappa shape index (κ3) is 3.32.